The minimum Gasteiger partial charge on any atom is -0.449 e. The van der Waals surface area contributed by atoms with E-state index >= 15 is 0 Å². The third kappa shape index (κ3) is 1.50. The van der Waals surface area contributed by atoms with Crippen LogP contribution in [0.3, 0.4) is 0 Å². The molecular weight excluding hydrogens is 188 g/mol. The summed E-state index contributed by atoms with van der Waals surface area (Å²) in [6.07, 6.45) is 2.25. The smallest absolute Gasteiger partial charge is 0.191 e. The molecule has 13 heavy (non-hydrogen) atoms. The number of hydrogen-bond acceptors (Lipinski definition) is 5. The van der Waals surface area contributed by atoms with Gasteiger partial charge >= 0.3 is 0 Å². The Morgan fingerprint density at radius 1 is 1.54 bits per heavy atom. The first-order valence-electron chi connectivity index (χ1n) is 3.63. The van der Waals surface area contributed by atoms with Crippen LogP contribution >= 0.6 is 11.3 Å². The highest BCUT2D eigenvalue weighted by Gasteiger charge is 2.07. The molecule has 0 saturated heterocycles. The van der Waals surface area contributed by atoms with Crippen molar-refractivity contribution in [2.75, 3.05) is 0 Å². The lowest BCUT2D eigenvalue weighted by atomic mass is 10.5. The Labute approximate surface area is 78.3 Å². The molecule has 0 radical (unpaired) electrons. The summed E-state index contributed by atoms with van der Waals surface area (Å²) in [7, 11) is 0. The van der Waals surface area contributed by atoms with Gasteiger partial charge in [0.2, 0.25) is 0 Å². The summed E-state index contributed by atoms with van der Waals surface area (Å²) >= 11 is 1.38. The highest BCUT2D eigenvalue weighted by atomic mass is 32.1. The predicted molar refractivity (Wildman–Crippen MR) is 47.7 cm³/mol. The molecule has 4 nitrogen and oxygen atoms in total. The van der Waals surface area contributed by atoms with E-state index in [1.165, 1.54) is 17.6 Å². The largest absolute Gasteiger partial charge is 0.449 e. The average molecular weight is 194 g/mol. The Kier molecular flexibility index (Phi) is 1.94. The molecule has 0 aromatic carbocycles. The van der Waals surface area contributed by atoms with Crippen molar-refractivity contribution in [3.63, 3.8) is 0 Å². The van der Waals surface area contributed by atoms with E-state index in [0.29, 0.717) is 28.6 Å². The van der Waals surface area contributed by atoms with Gasteiger partial charge < -0.3 is 4.42 Å². The van der Waals surface area contributed by atoms with Gasteiger partial charge in [0.25, 0.3) is 0 Å². The van der Waals surface area contributed by atoms with Gasteiger partial charge in [-0.2, -0.15) is 0 Å². The molecule has 0 atom stereocenters. The molecule has 2 rings (SSSR count). The van der Waals surface area contributed by atoms with E-state index < -0.39 is 0 Å². The Balaban J connectivity index is 2.40. The molecule has 0 unspecified atom stereocenters. The van der Waals surface area contributed by atoms with Crippen molar-refractivity contribution in [1.82, 2.24) is 9.97 Å². The van der Waals surface area contributed by atoms with E-state index in [-0.39, 0.29) is 0 Å². The molecule has 0 aliphatic rings. The van der Waals surface area contributed by atoms with Crippen LogP contribution in [0.25, 0.3) is 10.7 Å². The van der Waals surface area contributed by atoms with E-state index in [1.54, 1.807) is 12.3 Å². The van der Waals surface area contributed by atoms with Gasteiger partial charge in [-0.05, 0) is 0 Å². The lowest BCUT2D eigenvalue weighted by Gasteiger charge is -1.82. The molecule has 66 valence electrons. The fraction of sp³-hybridized carbons (Fsp3) is 0.125. The van der Waals surface area contributed by atoms with Crippen molar-refractivity contribution < 1.29 is 9.21 Å². The number of thiazole rings is 1. The number of carbonyl (C=O) groups is 1. The molecule has 2 heterocycles. The zero-order valence-corrected chi connectivity index (χ0v) is 7.67. The fourth-order valence-electron chi connectivity index (χ4n) is 0.920. The van der Waals surface area contributed by atoms with Crippen molar-refractivity contribution in [1.29, 1.82) is 0 Å². The summed E-state index contributed by atoms with van der Waals surface area (Å²) in [6, 6.07) is 0. The fourth-order valence-corrected chi connectivity index (χ4v) is 1.63. The molecule has 0 bridgehead atoms. The van der Waals surface area contributed by atoms with Crippen LogP contribution in [0.15, 0.2) is 16.1 Å². The molecule has 5 heteroatoms. The molecule has 0 amide bonds. The third-order valence-corrected chi connectivity index (χ3v) is 2.36. The molecule has 0 saturated carbocycles. The van der Waals surface area contributed by atoms with Gasteiger partial charge in [-0.1, -0.05) is 0 Å². The van der Waals surface area contributed by atoms with Crippen LogP contribution in [0, 0.1) is 6.92 Å². The van der Waals surface area contributed by atoms with Crippen LogP contribution in [-0.2, 0) is 0 Å². The first kappa shape index (κ1) is 8.12. The average Bonchev–Trinajstić information content (AvgIpc) is 2.71. The van der Waals surface area contributed by atoms with Crippen LogP contribution < -0.4 is 0 Å². The minimum atomic E-state index is 0.431. The van der Waals surface area contributed by atoms with Gasteiger partial charge in [0.1, 0.15) is 22.7 Å². The quantitative estimate of drug-likeness (QED) is 0.685. The van der Waals surface area contributed by atoms with E-state index in [1.807, 2.05) is 0 Å². The first-order chi connectivity index (χ1) is 6.29. The lowest BCUT2D eigenvalue weighted by Crippen LogP contribution is -1.80. The molecule has 0 N–H and O–H groups in total. The van der Waals surface area contributed by atoms with Crippen molar-refractivity contribution in [2.45, 2.75) is 6.92 Å². The van der Waals surface area contributed by atoms with Gasteiger partial charge in [0, 0.05) is 12.3 Å². The van der Waals surface area contributed by atoms with Crippen LogP contribution in [-0.4, -0.2) is 16.3 Å². The number of hydrogen-bond donors (Lipinski definition) is 0. The molecule has 2 aromatic rings. The SMILES string of the molecule is Cc1nc(-c2nc(C=O)cs2)co1. The standard InChI is InChI=1S/C8H6N2O2S/c1-5-9-7(3-12-5)8-10-6(2-11)4-13-8/h2-4H,1H3. The Hall–Kier alpha value is -1.49. The Bertz CT molecular complexity index is 433. The van der Waals surface area contributed by atoms with E-state index in [0.717, 1.165) is 0 Å². The number of carbonyl (C=O) groups excluding carboxylic acids is 1. The summed E-state index contributed by atoms with van der Waals surface area (Å²) in [4.78, 5) is 18.5. The van der Waals surface area contributed by atoms with Gasteiger partial charge in [-0.15, -0.1) is 11.3 Å². The summed E-state index contributed by atoms with van der Waals surface area (Å²) < 4.78 is 5.03. The summed E-state index contributed by atoms with van der Waals surface area (Å²) in [5.74, 6) is 0.595. The molecule has 0 fully saturated rings. The minimum absolute atomic E-state index is 0.431. The lowest BCUT2D eigenvalue weighted by molar-refractivity contribution is 0.111. The molecular formula is C8H6N2O2S. The first-order valence-corrected chi connectivity index (χ1v) is 4.51. The number of aryl methyl sites for hydroxylation is 1. The summed E-state index contributed by atoms with van der Waals surface area (Å²) in [5, 5.41) is 2.39. The van der Waals surface area contributed by atoms with Gasteiger partial charge in [0.05, 0.1) is 0 Å². The summed E-state index contributed by atoms with van der Waals surface area (Å²) in [6.45, 7) is 1.76. The predicted octanol–water partition coefficient (Wildman–Crippen LogP) is 1.92. The maximum Gasteiger partial charge on any atom is 0.191 e. The van der Waals surface area contributed by atoms with Gasteiger partial charge in [0.15, 0.2) is 12.2 Å². The topological polar surface area (TPSA) is 56.0 Å². The monoisotopic (exact) mass is 194 g/mol. The van der Waals surface area contributed by atoms with Crippen LogP contribution in [0.5, 0.6) is 0 Å². The maximum atomic E-state index is 10.4. The van der Waals surface area contributed by atoms with Gasteiger partial charge in [-0.3, -0.25) is 4.79 Å². The number of nitrogens with zero attached hydrogens (tertiary/aromatic N) is 2. The molecule has 2 aromatic heterocycles. The second-order valence-corrected chi connectivity index (χ2v) is 3.31. The van der Waals surface area contributed by atoms with E-state index in [4.69, 9.17) is 4.42 Å². The summed E-state index contributed by atoms with van der Waals surface area (Å²) in [5.41, 5.74) is 1.11. The third-order valence-electron chi connectivity index (χ3n) is 1.48. The molecule has 0 aliphatic heterocycles. The van der Waals surface area contributed by atoms with Crippen LogP contribution in [0.1, 0.15) is 16.4 Å². The number of aldehydes is 1. The van der Waals surface area contributed by atoms with Crippen molar-refractivity contribution in [2.24, 2.45) is 0 Å². The van der Waals surface area contributed by atoms with Crippen LogP contribution in [0.2, 0.25) is 0 Å². The second-order valence-electron chi connectivity index (χ2n) is 2.45. The Morgan fingerprint density at radius 2 is 2.38 bits per heavy atom. The Morgan fingerprint density at radius 3 is 2.92 bits per heavy atom. The molecule has 0 aliphatic carbocycles. The number of aromatic nitrogens is 2. The zero-order chi connectivity index (χ0) is 9.26. The van der Waals surface area contributed by atoms with E-state index in [9.17, 15) is 4.79 Å². The zero-order valence-electron chi connectivity index (χ0n) is 6.85. The second kappa shape index (κ2) is 3.10. The van der Waals surface area contributed by atoms with E-state index in [2.05, 4.69) is 9.97 Å². The van der Waals surface area contributed by atoms with Gasteiger partial charge in [-0.25, -0.2) is 9.97 Å². The highest BCUT2D eigenvalue weighted by molar-refractivity contribution is 7.13. The molecule has 0 spiro atoms. The highest BCUT2D eigenvalue weighted by Crippen LogP contribution is 2.21. The van der Waals surface area contributed by atoms with Crippen molar-refractivity contribution in [3.05, 3.63) is 23.2 Å². The normalized spacial score (nSPS) is 10.2. The van der Waals surface area contributed by atoms with Crippen LogP contribution in [0.4, 0.5) is 0 Å². The van der Waals surface area contributed by atoms with Crippen molar-refractivity contribution in [3.8, 4) is 10.7 Å². The maximum absolute atomic E-state index is 10.4. The van der Waals surface area contributed by atoms with Crippen molar-refractivity contribution >= 4 is 17.6 Å². The number of oxazole rings is 1. The number of rotatable bonds is 2.